The van der Waals surface area contributed by atoms with Gasteiger partial charge in [-0.3, -0.25) is 9.59 Å². The summed E-state index contributed by atoms with van der Waals surface area (Å²) in [6, 6.07) is 0. The fourth-order valence-electron chi connectivity index (χ4n) is 3.62. The molecule has 2 amide bonds. The van der Waals surface area contributed by atoms with Crippen molar-refractivity contribution in [1.29, 1.82) is 0 Å². The number of hydrogen-bond donors (Lipinski definition) is 2. The Bertz CT molecular complexity index is 466. The lowest BCUT2D eigenvalue weighted by molar-refractivity contribution is -0.238. The summed E-state index contributed by atoms with van der Waals surface area (Å²) >= 11 is 0. The van der Waals surface area contributed by atoms with E-state index >= 15 is 0 Å². The molecule has 2 rings (SSSR count). The van der Waals surface area contributed by atoms with Crippen LogP contribution in [0.2, 0.25) is 0 Å². The number of hydrogen-bond acceptors (Lipinski definition) is 4. The third-order valence-electron chi connectivity index (χ3n) is 5.73. The molecule has 1 saturated carbocycles. The molecule has 2 atom stereocenters. The van der Waals surface area contributed by atoms with Crippen LogP contribution in [0, 0.1) is 5.41 Å². The van der Waals surface area contributed by atoms with Gasteiger partial charge in [0, 0.05) is 38.0 Å². The first-order valence-electron chi connectivity index (χ1n) is 9.18. The van der Waals surface area contributed by atoms with Gasteiger partial charge in [-0.05, 0) is 19.8 Å². The summed E-state index contributed by atoms with van der Waals surface area (Å²) in [5.41, 5.74) is -1.35. The predicted molar refractivity (Wildman–Crippen MR) is 91.4 cm³/mol. The molecule has 0 radical (unpaired) electrons. The lowest BCUT2D eigenvalue weighted by Crippen LogP contribution is -2.69. The Labute approximate surface area is 144 Å². The molecule has 0 bridgehead atoms. The molecule has 0 aromatic rings. The van der Waals surface area contributed by atoms with E-state index in [0.29, 0.717) is 26.0 Å². The Balaban J connectivity index is 1.81. The van der Waals surface area contributed by atoms with Crippen molar-refractivity contribution in [2.45, 2.75) is 71.0 Å². The first-order chi connectivity index (χ1) is 11.3. The van der Waals surface area contributed by atoms with Crippen molar-refractivity contribution in [2.24, 2.45) is 5.41 Å². The van der Waals surface area contributed by atoms with Crippen LogP contribution in [0.4, 0.5) is 0 Å². The lowest BCUT2D eigenvalue weighted by atomic mass is 9.56. The average molecular weight is 340 g/mol. The van der Waals surface area contributed by atoms with Crippen LogP contribution >= 0.6 is 0 Å². The molecule has 2 aliphatic rings. The van der Waals surface area contributed by atoms with Crippen molar-refractivity contribution in [3.05, 3.63) is 0 Å². The molecule has 0 aromatic carbocycles. The Morgan fingerprint density at radius 3 is 2.71 bits per heavy atom. The monoisotopic (exact) mass is 340 g/mol. The standard InChI is InChI=1S/C18H32N2O4/c1-4-24-14-11-18(23,17(14,2)3)13-19-15(21)12-20-10-8-6-5-7-9-16(20)22/h14,23H,4-13H2,1-3H3,(H,19,21)/t14-,18+/m1/s1. The first-order valence-corrected chi connectivity index (χ1v) is 9.18. The molecule has 1 saturated heterocycles. The second kappa shape index (κ2) is 7.83. The van der Waals surface area contributed by atoms with E-state index in [-0.39, 0.29) is 31.0 Å². The van der Waals surface area contributed by atoms with Gasteiger partial charge >= 0.3 is 0 Å². The van der Waals surface area contributed by atoms with Crippen molar-refractivity contribution >= 4 is 11.8 Å². The van der Waals surface area contributed by atoms with Gasteiger partial charge in [0.05, 0.1) is 18.2 Å². The number of ether oxygens (including phenoxy) is 1. The van der Waals surface area contributed by atoms with Gasteiger partial charge in [0.25, 0.3) is 0 Å². The summed E-state index contributed by atoms with van der Waals surface area (Å²) in [5, 5.41) is 13.6. The summed E-state index contributed by atoms with van der Waals surface area (Å²) in [6.07, 6.45) is 5.13. The van der Waals surface area contributed by atoms with E-state index in [9.17, 15) is 14.7 Å². The molecule has 1 aliphatic heterocycles. The molecule has 0 unspecified atom stereocenters. The molecule has 6 nitrogen and oxygen atoms in total. The Kier molecular flexibility index (Phi) is 6.26. The third kappa shape index (κ3) is 4.09. The number of nitrogens with zero attached hydrogens (tertiary/aromatic N) is 1. The second-order valence-corrected chi connectivity index (χ2v) is 7.66. The van der Waals surface area contributed by atoms with Crippen molar-refractivity contribution < 1.29 is 19.4 Å². The number of carbonyl (C=O) groups is 2. The second-order valence-electron chi connectivity index (χ2n) is 7.66. The van der Waals surface area contributed by atoms with Crippen LogP contribution in [0.3, 0.4) is 0 Å². The fourth-order valence-corrected chi connectivity index (χ4v) is 3.62. The van der Waals surface area contributed by atoms with E-state index in [0.717, 1.165) is 25.7 Å². The number of carbonyl (C=O) groups excluding carboxylic acids is 2. The van der Waals surface area contributed by atoms with Crippen LogP contribution in [-0.2, 0) is 14.3 Å². The van der Waals surface area contributed by atoms with E-state index in [1.165, 1.54) is 0 Å². The van der Waals surface area contributed by atoms with E-state index < -0.39 is 11.0 Å². The summed E-state index contributed by atoms with van der Waals surface area (Å²) in [4.78, 5) is 25.9. The van der Waals surface area contributed by atoms with Gasteiger partial charge in [-0.1, -0.05) is 26.7 Å². The predicted octanol–water partition coefficient (Wildman–Crippen LogP) is 1.46. The van der Waals surface area contributed by atoms with Crippen LogP contribution in [0.15, 0.2) is 0 Å². The van der Waals surface area contributed by atoms with Gasteiger partial charge < -0.3 is 20.1 Å². The Morgan fingerprint density at radius 1 is 1.33 bits per heavy atom. The van der Waals surface area contributed by atoms with Gasteiger partial charge in [-0.15, -0.1) is 0 Å². The zero-order valence-corrected chi connectivity index (χ0v) is 15.3. The number of nitrogens with one attached hydrogen (secondary N) is 1. The van der Waals surface area contributed by atoms with E-state index in [1.807, 2.05) is 20.8 Å². The first kappa shape index (κ1) is 19.2. The number of likely N-dealkylation sites (tertiary alicyclic amines) is 1. The Hall–Kier alpha value is -1.14. The minimum Gasteiger partial charge on any atom is -0.387 e. The lowest BCUT2D eigenvalue weighted by Gasteiger charge is -2.58. The molecule has 138 valence electrons. The molecule has 0 aromatic heterocycles. The minimum atomic E-state index is -0.956. The normalized spacial score (nSPS) is 30.2. The molecule has 1 heterocycles. The molecule has 2 fully saturated rings. The summed E-state index contributed by atoms with van der Waals surface area (Å²) in [5.74, 6) is -0.142. The van der Waals surface area contributed by atoms with Gasteiger partial charge in [-0.25, -0.2) is 0 Å². The van der Waals surface area contributed by atoms with Crippen LogP contribution in [-0.4, -0.2) is 59.8 Å². The highest BCUT2D eigenvalue weighted by Gasteiger charge is 2.59. The average Bonchev–Trinajstić information content (AvgIpc) is 2.52. The largest absolute Gasteiger partial charge is 0.387 e. The molecule has 24 heavy (non-hydrogen) atoms. The molecular formula is C18H32N2O4. The highest BCUT2D eigenvalue weighted by molar-refractivity contribution is 5.84. The summed E-state index contributed by atoms with van der Waals surface area (Å²) in [7, 11) is 0. The maximum Gasteiger partial charge on any atom is 0.239 e. The van der Waals surface area contributed by atoms with Gasteiger partial charge in [0.1, 0.15) is 0 Å². The smallest absolute Gasteiger partial charge is 0.239 e. The van der Waals surface area contributed by atoms with Gasteiger partial charge in [-0.2, -0.15) is 0 Å². The van der Waals surface area contributed by atoms with Crippen LogP contribution in [0.1, 0.15) is 59.3 Å². The minimum absolute atomic E-state index is 0.0142. The highest BCUT2D eigenvalue weighted by atomic mass is 16.5. The Morgan fingerprint density at radius 2 is 2.04 bits per heavy atom. The molecule has 0 spiro atoms. The quantitative estimate of drug-likeness (QED) is 0.767. The van der Waals surface area contributed by atoms with Crippen LogP contribution in [0.25, 0.3) is 0 Å². The van der Waals surface area contributed by atoms with Crippen molar-refractivity contribution in [3.8, 4) is 0 Å². The molecule has 1 aliphatic carbocycles. The van der Waals surface area contributed by atoms with E-state index in [4.69, 9.17) is 4.74 Å². The molecule has 2 N–H and O–H groups in total. The van der Waals surface area contributed by atoms with Crippen LogP contribution < -0.4 is 5.32 Å². The molecular weight excluding hydrogens is 308 g/mol. The van der Waals surface area contributed by atoms with Gasteiger partial charge in [0.2, 0.25) is 11.8 Å². The summed E-state index contributed by atoms with van der Waals surface area (Å²) < 4.78 is 5.63. The SMILES string of the molecule is CCO[C@@H]1C[C@](O)(CNC(=O)CN2CCCCCCC2=O)C1(C)C. The van der Waals surface area contributed by atoms with Crippen molar-refractivity contribution in [2.75, 3.05) is 26.2 Å². The third-order valence-corrected chi connectivity index (χ3v) is 5.73. The fraction of sp³-hybridized carbons (Fsp3) is 0.889. The number of amides is 2. The van der Waals surface area contributed by atoms with Gasteiger partial charge in [0.15, 0.2) is 0 Å². The van der Waals surface area contributed by atoms with Crippen molar-refractivity contribution in [3.63, 3.8) is 0 Å². The van der Waals surface area contributed by atoms with E-state index in [2.05, 4.69) is 5.32 Å². The topological polar surface area (TPSA) is 78.9 Å². The van der Waals surface area contributed by atoms with Crippen LogP contribution in [0.5, 0.6) is 0 Å². The molecule has 6 heteroatoms. The van der Waals surface area contributed by atoms with Crippen molar-refractivity contribution in [1.82, 2.24) is 10.2 Å². The van der Waals surface area contributed by atoms with E-state index in [1.54, 1.807) is 4.90 Å². The maximum absolute atomic E-state index is 12.2. The summed E-state index contributed by atoms with van der Waals surface area (Å²) in [6.45, 7) is 7.42. The highest BCUT2D eigenvalue weighted by Crippen LogP contribution is 2.50. The number of rotatable bonds is 6. The number of aliphatic hydroxyl groups is 1. The zero-order valence-electron chi connectivity index (χ0n) is 15.3. The maximum atomic E-state index is 12.2. The zero-order chi connectivity index (χ0) is 17.8.